The van der Waals surface area contributed by atoms with E-state index in [1.165, 1.54) is 16.2 Å². The summed E-state index contributed by atoms with van der Waals surface area (Å²) in [7, 11) is 1.58. The van der Waals surface area contributed by atoms with Gasteiger partial charge in [0, 0.05) is 11.9 Å². The molecule has 7 nitrogen and oxygen atoms in total. The Morgan fingerprint density at radius 2 is 2.28 bits per heavy atom. The number of urea groups is 1. The Balaban J connectivity index is 2.42. The second kappa shape index (κ2) is 6.31. The Morgan fingerprint density at radius 1 is 1.61 bits per heavy atom. The number of aliphatic hydroxyl groups excluding tert-OH is 1. The molecular weight excluding hydrogens is 258 g/mol. The highest BCUT2D eigenvalue weighted by atomic mass is 32.1. The van der Waals surface area contributed by atoms with Gasteiger partial charge in [-0.2, -0.15) is 0 Å². The van der Waals surface area contributed by atoms with E-state index in [4.69, 9.17) is 10.2 Å². The van der Waals surface area contributed by atoms with Gasteiger partial charge < -0.3 is 20.4 Å². The van der Waals surface area contributed by atoms with Gasteiger partial charge in [-0.05, 0) is 6.92 Å². The number of carbonyl (C=O) groups is 2. The molecule has 8 heteroatoms. The zero-order valence-corrected chi connectivity index (χ0v) is 10.9. The second-order valence-electron chi connectivity index (χ2n) is 3.76. The van der Waals surface area contributed by atoms with E-state index >= 15 is 0 Å². The molecule has 0 bridgehead atoms. The molecule has 100 valence electrons. The lowest BCUT2D eigenvalue weighted by atomic mass is 10.3. The van der Waals surface area contributed by atoms with Crippen LogP contribution in [0.15, 0.2) is 5.51 Å². The van der Waals surface area contributed by atoms with Crippen molar-refractivity contribution in [2.75, 3.05) is 13.6 Å². The quantitative estimate of drug-likeness (QED) is 0.703. The van der Waals surface area contributed by atoms with Gasteiger partial charge in [0.25, 0.3) is 0 Å². The first-order chi connectivity index (χ1) is 8.41. The molecule has 0 unspecified atom stereocenters. The molecular formula is C10H15N3O4S. The number of thiazole rings is 1. The van der Waals surface area contributed by atoms with Gasteiger partial charge in [0.1, 0.15) is 0 Å². The fourth-order valence-electron chi connectivity index (χ4n) is 1.17. The number of rotatable bonds is 5. The fourth-order valence-corrected chi connectivity index (χ4v) is 2.00. The third kappa shape index (κ3) is 3.97. The van der Waals surface area contributed by atoms with Crippen LogP contribution in [0.4, 0.5) is 4.79 Å². The summed E-state index contributed by atoms with van der Waals surface area (Å²) in [4.78, 5) is 28.4. The van der Waals surface area contributed by atoms with Crippen LogP contribution in [0.3, 0.4) is 0 Å². The molecule has 0 fully saturated rings. The molecule has 0 aromatic carbocycles. The van der Waals surface area contributed by atoms with Crippen molar-refractivity contribution < 1.29 is 19.8 Å². The van der Waals surface area contributed by atoms with Gasteiger partial charge in [-0.25, -0.2) is 14.6 Å². The Bertz CT molecular complexity index is 435. The fraction of sp³-hybridized carbons (Fsp3) is 0.500. The van der Waals surface area contributed by atoms with E-state index in [0.29, 0.717) is 6.54 Å². The van der Waals surface area contributed by atoms with Crippen molar-refractivity contribution in [2.45, 2.75) is 19.6 Å². The molecule has 1 aromatic rings. The number of hydrogen-bond donors (Lipinski definition) is 3. The van der Waals surface area contributed by atoms with Crippen LogP contribution < -0.4 is 5.32 Å². The smallest absolute Gasteiger partial charge is 0.334 e. The van der Waals surface area contributed by atoms with Gasteiger partial charge in [0.05, 0.1) is 24.3 Å². The van der Waals surface area contributed by atoms with Crippen LogP contribution in [0.5, 0.6) is 0 Å². The van der Waals surface area contributed by atoms with Crippen LogP contribution in [0.2, 0.25) is 0 Å². The number of carbonyl (C=O) groups excluding carboxylic acids is 1. The highest BCUT2D eigenvalue weighted by Gasteiger charge is 2.16. The van der Waals surface area contributed by atoms with Crippen molar-refractivity contribution in [1.29, 1.82) is 0 Å². The number of aliphatic carboxylic acids is 1. The van der Waals surface area contributed by atoms with Crippen molar-refractivity contribution in [3.8, 4) is 0 Å². The molecule has 18 heavy (non-hydrogen) atoms. The summed E-state index contributed by atoms with van der Waals surface area (Å²) >= 11 is 1.45. The standard InChI is InChI=1S/C10H15N3O4S/c1-6-8(18-5-12-6)4-13(2)10(17)11-3-7(14)9(15)16/h5,7,14H,3-4H2,1-2H3,(H,11,17)(H,15,16)/t7-/m0/s1. The Hall–Kier alpha value is -1.67. The van der Waals surface area contributed by atoms with Crippen molar-refractivity contribution in [3.63, 3.8) is 0 Å². The number of aliphatic hydroxyl groups is 1. The van der Waals surface area contributed by atoms with Crippen molar-refractivity contribution >= 4 is 23.3 Å². The number of nitrogens with zero attached hydrogens (tertiary/aromatic N) is 2. The Labute approximate surface area is 108 Å². The number of carboxylic acids is 1. The molecule has 0 spiro atoms. The maximum atomic E-state index is 11.6. The van der Waals surface area contributed by atoms with E-state index in [-0.39, 0.29) is 6.54 Å². The summed E-state index contributed by atoms with van der Waals surface area (Å²) in [6, 6.07) is -0.442. The van der Waals surface area contributed by atoms with Gasteiger partial charge in [0.15, 0.2) is 6.10 Å². The van der Waals surface area contributed by atoms with Crippen LogP contribution in [0, 0.1) is 6.92 Å². The zero-order chi connectivity index (χ0) is 13.7. The maximum absolute atomic E-state index is 11.6. The Kier molecular flexibility index (Phi) is 5.05. The first-order valence-corrected chi connectivity index (χ1v) is 6.08. The van der Waals surface area contributed by atoms with E-state index in [1.807, 2.05) is 6.92 Å². The first kappa shape index (κ1) is 14.4. The molecule has 0 saturated heterocycles. The number of carboxylic acid groups (broad SMARTS) is 1. The minimum atomic E-state index is -1.59. The topological polar surface area (TPSA) is 103 Å². The molecule has 0 aliphatic heterocycles. The molecule has 0 radical (unpaired) electrons. The van der Waals surface area contributed by atoms with Crippen LogP contribution in [0.1, 0.15) is 10.6 Å². The monoisotopic (exact) mass is 273 g/mol. The van der Waals surface area contributed by atoms with Gasteiger partial charge >= 0.3 is 12.0 Å². The van der Waals surface area contributed by atoms with Gasteiger partial charge in [-0.1, -0.05) is 0 Å². The third-order valence-corrected chi connectivity index (χ3v) is 3.22. The van der Waals surface area contributed by atoms with E-state index in [0.717, 1.165) is 10.6 Å². The lowest BCUT2D eigenvalue weighted by molar-refractivity contribution is -0.146. The largest absolute Gasteiger partial charge is 0.479 e. The number of aromatic nitrogens is 1. The number of hydrogen-bond acceptors (Lipinski definition) is 5. The highest BCUT2D eigenvalue weighted by Crippen LogP contribution is 2.13. The highest BCUT2D eigenvalue weighted by molar-refractivity contribution is 7.09. The first-order valence-electron chi connectivity index (χ1n) is 5.20. The minimum absolute atomic E-state index is 0.319. The third-order valence-electron chi connectivity index (χ3n) is 2.30. The molecule has 2 amide bonds. The summed E-state index contributed by atoms with van der Waals surface area (Å²) < 4.78 is 0. The molecule has 3 N–H and O–H groups in total. The molecule has 0 saturated carbocycles. The molecule has 1 aromatic heterocycles. The van der Waals surface area contributed by atoms with Gasteiger partial charge in [-0.15, -0.1) is 11.3 Å². The lowest BCUT2D eigenvalue weighted by Crippen LogP contribution is -2.42. The van der Waals surface area contributed by atoms with E-state index in [1.54, 1.807) is 12.6 Å². The molecule has 1 heterocycles. The minimum Gasteiger partial charge on any atom is -0.479 e. The average Bonchev–Trinajstić information content (AvgIpc) is 2.71. The summed E-state index contributed by atoms with van der Waals surface area (Å²) in [5, 5.41) is 19.8. The number of amides is 2. The molecule has 1 rings (SSSR count). The normalized spacial score (nSPS) is 11.9. The SMILES string of the molecule is Cc1ncsc1CN(C)C(=O)NC[C@H](O)C(=O)O. The predicted octanol–water partition coefficient (Wildman–Crippen LogP) is 0.0384. The van der Waals surface area contributed by atoms with Crippen LogP contribution in [-0.4, -0.2) is 51.8 Å². The Morgan fingerprint density at radius 3 is 2.78 bits per heavy atom. The number of aryl methyl sites for hydroxylation is 1. The maximum Gasteiger partial charge on any atom is 0.334 e. The van der Waals surface area contributed by atoms with Crippen molar-refractivity contribution in [1.82, 2.24) is 15.2 Å². The zero-order valence-electron chi connectivity index (χ0n) is 10.1. The van der Waals surface area contributed by atoms with Gasteiger partial charge in [0.2, 0.25) is 0 Å². The predicted molar refractivity (Wildman–Crippen MR) is 65.4 cm³/mol. The summed E-state index contributed by atoms with van der Waals surface area (Å²) in [5.41, 5.74) is 2.56. The van der Waals surface area contributed by atoms with E-state index in [9.17, 15) is 9.59 Å². The second-order valence-corrected chi connectivity index (χ2v) is 4.70. The van der Waals surface area contributed by atoms with Gasteiger partial charge in [-0.3, -0.25) is 0 Å². The van der Waals surface area contributed by atoms with Crippen LogP contribution >= 0.6 is 11.3 Å². The lowest BCUT2D eigenvalue weighted by Gasteiger charge is -2.18. The van der Waals surface area contributed by atoms with Crippen molar-refractivity contribution in [3.05, 3.63) is 16.1 Å². The summed E-state index contributed by atoms with van der Waals surface area (Å²) in [6.07, 6.45) is -1.59. The van der Waals surface area contributed by atoms with Crippen LogP contribution in [0.25, 0.3) is 0 Å². The molecule has 1 atom stereocenters. The summed E-state index contributed by atoms with van der Waals surface area (Å²) in [6.45, 7) is 1.93. The van der Waals surface area contributed by atoms with Crippen LogP contribution in [-0.2, 0) is 11.3 Å². The number of nitrogens with one attached hydrogen (secondary N) is 1. The van der Waals surface area contributed by atoms with E-state index < -0.39 is 18.1 Å². The molecule has 0 aliphatic rings. The summed E-state index contributed by atoms with van der Waals surface area (Å²) in [5.74, 6) is -1.36. The average molecular weight is 273 g/mol. The van der Waals surface area contributed by atoms with Crippen molar-refractivity contribution in [2.24, 2.45) is 0 Å². The molecule has 0 aliphatic carbocycles. The van der Waals surface area contributed by atoms with E-state index in [2.05, 4.69) is 10.3 Å².